The van der Waals surface area contributed by atoms with Crippen LogP contribution in [0.3, 0.4) is 0 Å². The number of nitrogens with zero attached hydrogens (tertiary/aromatic N) is 2. The first-order valence-corrected chi connectivity index (χ1v) is 0.369. The molecule has 4 heavy (non-hydrogen) atoms. The van der Waals surface area contributed by atoms with Gasteiger partial charge in [-0.2, -0.15) is 0 Å². The van der Waals surface area contributed by atoms with Crippen molar-refractivity contribution in [3.8, 4) is 0 Å². The van der Waals surface area contributed by atoms with Crippen LogP contribution in [0.5, 0.6) is 0 Å². The van der Waals surface area contributed by atoms with Crippen LogP contribution < -0.4 is 0 Å². The van der Waals surface area contributed by atoms with Gasteiger partial charge < -0.3 is 5.53 Å². The molecule has 0 heterocycles. The van der Waals surface area contributed by atoms with Crippen molar-refractivity contribution in [3.05, 3.63) is 5.53 Å². The van der Waals surface area contributed by atoms with Crippen LogP contribution >= 0.6 is 0 Å². The van der Waals surface area contributed by atoms with Crippen LogP contribution in [-0.4, -0.2) is 0 Å². The van der Waals surface area contributed by atoms with Gasteiger partial charge in [0.05, 0.1) is 0 Å². The summed E-state index contributed by atoms with van der Waals surface area (Å²) < 4.78 is 9.47. The van der Waals surface area contributed by atoms with Gasteiger partial charge in [-0.25, -0.2) is 5.34 Å². The molecule has 0 aromatic heterocycles. The molecule has 0 aliphatic rings. The number of hydrogen-bond donors (Lipinski definition) is 0. The van der Waals surface area contributed by atoms with Gasteiger partial charge in [-0.3, -0.25) is 0 Å². The van der Waals surface area contributed by atoms with E-state index in [-0.39, 0.29) is 21.7 Å². The summed E-state index contributed by atoms with van der Waals surface area (Å²) >= 11 is 0. The van der Waals surface area contributed by atoms with Crippen LogP contribution in [0.25, 0.3) is 5.53 Å². The Labute approximate surface area is 37.7 Å². The summed E-state index contributed by atoms with van der Waals surface area (Å²) in [5.74, 6) is 0. The minimum Gasteiger partial charge on any atom is -0.676 e. The van der Waals surface area contributed by atoms with Crippen molar-refractivity contribution >= 4 is 0 Å². The summed E-state index contributed by atoms with van der Waals surface area (Å²) in [6, 6.07) is 0. The van der Waals surface area contributed by atoms with Crippen molar-refractivity contribution in [2.45, 2.75) is 0 Å². The molecular formula is FN2Ti-. The molecule has 0 aromatic rings. The first kappa shape index (κ1) is 8.87. The zero-order valence-corrected chi connectivity index (χ0v) is 3.33. The summed E-state index contributed by atoms with van der Waals surface area (Å²) in [6.07, 6.45) is 0. The first-order chi connectivity index (χ1) is 1.41. The van der Waals surface area contributed by atoms with E-state index in [1.165, 1.54) is 0 Å². The summed E-state index contributed by atoms with van der Waals surface area (Å²) in [6.45, 7) is 0. The average molecular weight is 94.9 g/mol. The molecule has 22 valence electrons. The molecule has 0 saturated carbocycles. The van der Waals surface area contributed by atoms with E-state index >= 15 is 0 Å². The van der Waals surface area contributed by atoms with E-state index in [0.717, 1.165) is 5.34 Å². The third-order valence-corrected chi connectivity index (χ3v) is 0. The van der Waals surface area contributed by atoms with Crippen molar-refractivity contribution in [2.24, 2.45) is 5.34 Å². The molecular weight excluding hydrogens is 94.9 g/mol. The van der Waals surface area contributed by atoms with Crippen LogP contribution in [0.4, 0.5) is 4.48 Å². The number of halogens is 1. The molecule has 0 aliphatic heterocycles. The van der Waals surface area contributed by atoms with Crippen molar-refractivity contribution in [2.75, 3.05) is 0 Å². The molecule has 0 rings (SSSR count). The van der Waals surface area contributed by atoms with E-state index in [4.69, 9.17) is 5.53 Å². The standard InChI is InChI=1S/FN2.Ti/c1-3-2;/q-1;. The maximum Gasteiger partial charge on any atom is 0 e. The number of hydrogen-bond acceptors (Lipinski definition) is 1. The first-order valence-electron chi connectivity index (χ1n) is 0.369. The Balaban J connectivity index is 0. The second kappa shape index (κ2) is 10.6. The Morgan fingerprint density at radius 2 is 1.75 bits per heavy atom. The summed E-state index contributed by atoms with van der Waals surface area (Å²) in [5.41, 5.74) is 6.53. The molecule has 0 fully saturated rings. The SMILES string of the molecule is [N-]=NF.[Ti]. The quantitative estimate of drug-likeness (QED) is 0.316. The molecule has 4 heteroatoms. The molecule has 0 unspecified atom stereocenters. The zero-order valence-electron chi connectivity index (χ0n) is 1.77. The van der Waals surface area contributed by atoms with Crippen LogP contribution in [0.15, 0.2) is 5.34 Å². The van der Waals surface area contributed by atoms with Gasteiger partial charge >= 0.3 is 0 Å². The van der Waals surface area contributed by atoms with E-state index in [1.807, 2.05) is 0 Å². The van der Waals surface area contributed by atoms with Crippen LogP contribution in [0.1, 0.15) is 0 Å². The third-order valence-electron chi connectivity index (χ3n) is 0. The Morgan fingerprint density at radius 1 is 1.75 bits per heavy atom. The van der Waals surface area contributed by atoms with Gasteiger partial charge in [0.1, 0.15) is 0 Å². The van der Waals surface area contributed by atoms with Crippen LogP contribution in [0, 0.1) is 0 Å². The summed E-state index contributed by atoms with van der Waals surface area (Å²) in [4.78, 5) is 0. The molecule has 0 spiro atoms. The fourth-order valence-electron chi connectivity index (χ4n) is 0. The van der Waals surface area contributed by atoms with Gasteiger partial charge in [-0.15, -0.1) is 0 Å². The van der Waals surface area contributed by atoms with Crippen molar-refractivity contribution in [1.82, 2.24) is 0 Å². The van der Waals surface area contributed by atoms with E-state index in [2.05, 4.69) is 0 Å². The summed E-state index contributed by atoms with van der Waals surface area (Å²) in [7, 11) is 0. The third kappa shape index (κ3) is 58.2. The summed E-state index contributed by atoms with van der Waals surface area (Å²) in [5, 5.41) is 1.00. The molecule has 0 bridgehead atoms. The maximum absolute atomic E-state index is 9.47. The predicted molar refractivity (Wildman–Crippen MR) is 6.89 cm³/mol. The molecule has 0 aliphatic carbocycles. The molecule has 0 atom stereocenters. The fourth-order valence-corrected chi connectivity index (χ4v) is 0. The average Bonchev–Trinajstić information content (AvgIpc) is 0.918. The monoisotopic (exact) mass is 95.0 g/mol. The van der Waals surface area contributed by atoms with Gasteiger partial charge in [0.25, 0.3) is 0 Å². The molecule has 0 N–H and O–H groups in total. The van der Waals surface area contributed by atoms with Gasteiger partial charge in [-0.05, 0) is 0 Å². The Morgan fingerprint density at radius 3 is 1.75 bits per heavy atom. The van der Waals surface area contributed by atoms with Crippen molar-refractivity contribution in [1.29, 1.82) is 0 Å². The van der Waals surface area contributed by atoms with Crippen molar-refractivity contribution in [3.63, 3.8) is 0 Å². The molecule has 0 amide bonds. The Bertz CT molecular complexity index is 13.5. The minimum absolute atomic E-state index is 0. The Kier molecular flexibility index (Phi) is 23.4. The topological polar surface area (TPSA) is 34.7 Å². The van der Waals surface area contributed by atoms with E-state index in [9.17, 15) is 4.48 Å². The van der Waals surface area contributed by atoms with Gasteiger partial charge in [0, 0.05) is 21.7 Å². The van der Waals surface area contributed by atoms with E-state index < -0.39 is 0 Å². The fraction of sp³-hybridized carbons (Fsp3) is 0. The normalized spacial score (nSPS) is 3.25. The second-order valence-electron chi connectivity index (χ2n) is 0.0756. The van der Waals surface area contributed by atoms with E-state index in [0.29, 0.717) is 0 Å². The zero-order chi connectivity index (χ0) is 2.71. The second-order valence-corrected chi connectivity index (χ2v) is 0.0756. The Hall–Kier alpha value is 0.244. The van der Waals surface area contributed by atoms with E-state index in [1.54, 1.807) is 0 Å². The molecule has 0 saturated heterocycles. The van der Waals surface area contributed by atoms with Gasteiger partial charge in [0.2, 0.25) is 0 Å². The number of rotatable bonds is 0. The predicted octanol–water partition coefficient (Wildman–Crippen LogP) is 0.890. The smallest absolute Gasteiger partial charge is 0 e. The molecule has 2 nitrogen and oxygen atoms in total. The molecule has 0 aromatic carbocycles. The van der Waals surface area contributed by atoms with Gasteiger partial charge in [-0.1, -0.05) is 4.48 Å². The van der Waals surface area contributed by atoms with Gasteiger partial charge in [0.15, 0.2) is 0 Å². The van der Waals surface area contributed by atoms with Crippen molar-refractivity contribution < 1.29 is 26.2 Å². The van der Waals surface area contributed by atoms with Crippen LogP contribution in [0.2, 0.25) is 0 Å². The van der Waals surface area contributed by atoms with Crippen LogP contribution in [-0.2, 0) is 21.7 Å². The maximum atomic E-state index is 9.47. The molecule has 0 radical (unpaired) electrons. The largest absolute Gasteiger partial charge is 0.676 e. The minimum atomic E-state index is 0.